The van der Waals surface area contributed by atoms with Crippen LogP contribution in [0.3, 0.4) is 0 Å². The summed E-state index contributed by atoms with van der Waals surface area (Å²) < 4.78 is 59.7. The molecule has 0 radical (unpaired) electrons. The van der Waals surface area contributed by atoms with Crippen LogP contribution in [0.15, 0.2) is 21.5 Å². The SMILES string of the molecule is O=[N+]([O-])c1c(Br)ccc(S(=O)(=O)Cl)c1C(F)(F)F. The minimum absolute atomic E-state index is 0.496. The number of nitrogens with zero attached hydrogens (tertiary/aromatic N) is 1. The number of rotatable bonds is 2. The summed E-state index contributed by atoms with van der Waals surface area (Å²) in [5, 5.41) is 10.6. The highest BCUT2D eigenvalue weighted by Gasteiger charge is 2.45. The second-order valence-corrected chi connectivity index (χ2v) is 6.35. The van der Waals surface area contributed by atoms with Gasteiger partial charge in [-0.05, 0) is 28.1 Å². The molecule has 18 heavy (non-hydrogen) atoms. The molecule has 0 aliphatic carbocycles. The van der Waals surface area contributed by atoms with Gasteiger partial charge in [0.25, 0.3) is 14.7 Å². The molecule has 0 aliphatic heterocycles. The highest BCUT2D eigenvalue weighted by atomic mass is 79.9. The summed E-state index contributed by atoms with van der Waals surface area (Å²) in [5.41, 5.74) is -3.30. The molecule has 0 saturated heterocycles. The van der Waals surface area contributed by atoms with Crippen molar-refractivity contribution in [2.75, 3.05) is 0 Å². The van der Waals surface area contributed by atoms with Gasteiger partial charge in [0.05, 0.1) is 9.40 Å². The van der Waals surface area contributed by atoms with E-state index in [1.165, 1.54) is 0 Å². The summed E-state index contributed by atoms with van der Waals surface area (Å²) in [7, 11) is 0.0706. The topological polar surface area (TPSA) is 77.3 Å². The molecule has 5 nitrogen and oxygen atoms in total. The van der Waals surface area contributed by atoms with E-state index in [1.54, 1.807) is 0 Å². The Labute approximate surface area is 111 Å². The number of nitro groups is 1. The van der Waals surface area contributed by atoms with E-state index >= 15 is 0 Å². The molecular formula is C7H2BrClF3NO4S. The highest BCUT2D eigenvalue weighted by Crippen LogP contribution is 2.44. The predicted molar refractivity (Wildman–Crippen MR) is 58.8 cm³/mol. The first-order valence-electron chi connectivity index (χ1n) is 3.95. The molecule has 1 aromatic rings. The van der Waals surface area contributed by atoms with Crippen molar-refractivity contribution in [2.24, 2.45) is 0 Å². The summed E-state index contributed by atoms with van der Waals surface area (Å²) in [6, 6.07) is 1.35. The molecule has 0 fully saturated rings. The molecule has 0 saturated carbocycles. The molecule has 0 amide bonds. The third-order valence-corrected chi connectivity index (χ3v) is 3.82. The number of hydrogen-bond acceptors (Lipinski definition) is 4. The van der Waals surface area contributed by atoms with Crippen LogP contribution in [0.4, 0.5) is 18.9 Å². The van der Waals surface area contributed by atoms with Crippen LogP contribution >= 0.6 is 26.6 Å². The summed E-state index contributed by atoms with van der Waals surface area (Å²) in [4.78, 5) is 7.92. The quantitative estimate of drug-likeness (QED) is 0.456. The van der Waals surface area contributed by atoms with Gasteiger partial charge in [0.15, 0.2) is 5.56 Å². The van der Waals surface area contributed by atoms with Crippen LogP contribution in [0.2, 0.25) is 0 Å². The van der Waals surface area contributed by atoms with E-state index in [-0.39, 0.29) is 0 Å². The van der Waals surface area contributed by atoms with Gasteiger partial charge in [0.2, 0.25) is 0 Å². The molecule has 0 atom stereocenters. The molecular weight excluding hydrogens is 366 g/mol. The lowest BCUT2D eigenvalue weighted by molar-refractivity contribution is -0.389. The fourth-order valence-corrected chi connectivity index (χ4v) is 2.75. The fraction of sp³-hybridized carbons (Fsp3) is 0.143. The first-order chi connectivity index (χ1) is 7.96. The van der Waals surface area contributed by atoms with E-state index in [2.05, 4.69) is 15.9 Å². The van der Waals surface area contributed by atoms with Crippen LogP contribution in [0.5, 0.6) is 0 Å². The molecule has 1 aromatic carbocycles. The average Bonchev–Trinajstić information content (AvgIpc) is 2.12. The molecule has 1 rings (SSSR count). The lowest BCUT2D eigenvalue weighted by Crippen LogP contribution is -2.14. The number of nitro benzene ring substituents is 1. The second kappa shape index (κ2) is 4.67. The number of hydrogen-bond donors (Lipinski definition) is 0. The Hall–Kier alpha value is -0.870. The largest absolute Gasteiger partial charge is 0.424 e. The molecule has 0 aliphatic rings. The van der Waals surface area contributed by atoms with Gasteiger partial charge in [-0.25, -0.2) is 8.42 Å². The Morgan fingerprint density at radius 3 is 2.17 bits per heavy atom. The van der Waals surface area contributed by atoms with Gasteiger partial charge in [0, 0.05) is 10.7 Å². The third kappa shape index (κ3) is 2.93. The van der Waals surface area contributed by atoms with Gasteiger partial charge < -0.3 is 0 Å². The predicted octanol–water partition coefficient (Wildman–Crippen LogP) is 3.30. The number of halogens is 5. The van der Waals surface area contributed by atoms with E-state index < -0.39 is 40.8 Å². The van der Waals surface area contributed by atoms with Gasteiger partial charge in [-0.2, -0.15) is 13.2 Å². The summed E-state index contributed by atoms with van der Waals surface area (Å²) in [6.07, 6.45) is -5.23. The molecule has 0 aromatic heterocycles. The van der Waals surface area contributed by atoms with Crippen molar-refractivity contribution in [3.63, 3.8) is 0 Å². The van der Waals surface area contributed by atoms with Crippen molar-refractivity contribution < 1.29 is 26.5 Å². The van der Waals surface area contributed by atoms with E-state index in [1.807, 2.05) is 0 Å². The van der Waals surface area contributed by atoms with Crippen molar-refractivity contribution in [3.05, 3.63) is 32.3 Å². The van der Waals surface area contributed by atoms with Gasteiger partial charge in [0.1, 0.15) is 4.90 Å². The second-order valence-electron chi connectivity index (χ2n) is 2.96. The van der Waals surface area contributed by atoms with Crippen LogP contribution in [-0.2, 0) is 15.2 Å². The number of benzene rings is 1. The van der Waals surface area contributed by atoms with Crippen molar-refractivity contribution >= 4 is 41.4 Å². The fourth-order valence-electron chi connectivity index (χ4n) is 1.20. The molecule has 0 unspecified atom stereocenters. The molecule has 0 N–H and O–H groups in total. The highest BCUT2D eigenvalue weighted by molar-refractivity contribution is 9.10. The van der Waals surface area contributed by atoms with Gasteiger partial charge in [-0.3, -0.25) is 10.1 Å². The minimum Gasteiger partial charge on any atom is -0.258 e. The monoisotopic (exact) mass is 367 g/mol. The van der Waals surface area contributed by atoms with Crippen molar-refractivity contribution in [1.29, 1.82) is 0 Å². The average molecular weight is 369 g/mol. The molecule has 0 spiro atoms. The Balaban J connectivity index is 3.90. The molecule has 100 valence electrons. The normalized spacial score (nSPS) is 12.5. The van der Waals surface area contributed by atoms with Crippen LogP contribution < -0.4 is 0 Å². The lowest BCUT2D eigenvalue weighted by Gasteiger charge is -2.11. The van der Waals surface area contributed by atoms with Crippen molar-refractivity contribution in [3.8, 4) is 0 Å². The van der Waals surface area contributed by atoms with E-state index in [9.17, 15) is 31.7 Å². The Morgan fingerprint density at radius 2 is 1.83 bits per heavy atom. The lowest BCUT2D eigenvalue weighted by atomic mass is 10.1. The van der Waals surface area contributed by atoms with E-state index in [0.717, 1.165) is 6.07 Å². The Bertz CT molecular complexity index is 616. The van der Waals surface area contributed by atoms with Gasteiger partial charge >= 0.3 is 6.18 Å². The Kier molecular flexibility index (Phi) is 3.94. The zero-order valence-electron chi connectivity index (χ0n) is 8.03. The van der Waals surface area contributed by atoms with E-state index in [4.69, 9.17) is 10.7 Å². The maximum absolute atomic E-state index is 12.7. The van der Waals surface area contributed by atoms with Crippen molar-refractivity contribution in [2.45, 2.75) is 11.1 Å². The molecule has 0 heterocycles. The summed E-state index contributed by atoms with van der Waals surface area (Å²) in [6.45, 7) is 0. The first-order valence-corrected chi connectivity index (χ1v) is 7.05. The smallest absolute Gasteiger partial charge is 0.258 e. The third-order valence-electron chi connectivity index (χ3n) is 1.82. The van der Waals surface area contributed by atoms with Crippen LogP contribution in [0, 0.1) is 10.1 Å². The minimum atomic E-state index is -5.23. The van der Waals surface area contributed by atoms with Gasteiger partial charge in [-0.15, -0.1) is 0 Å². The summed E-state index contributed by atoms with van der Waals surface area (Å²) >= 11 is 2.56. The zero-order chi connectivity index (χ0) is 14.3. The zero-order valence-corrected chi connectivity index (χ0v) is 11.2. The van der Waals surface area contributed by atoms with Crippen LogP contribution in [0.25, 0.3) is 0 Å². The number of alkyl halides is 3. The van der Waals surface area contributed by atoms with Crippen LogP contribution in [0.1, 0.15) is 5.56 Å². The van der Waals surface area contributed by atoms with Gasteiger partial charge in [-0.1, -0.05) is 0 Å². The molecule has 0 bridgehead atoms. The standard InChI is InChI=1S/C7H2BrClF3NO4S/c8-3-1-2-4(18(9,16)17)5(7(10,11)12)6(3)13(14)15/h1-2H. The van der Waals surface area contributed by atoms with Crippen molar-refractivity contribution in [1.82, 2.24) is 0 Å². The maximum atomic E-state index is 12.7. The molecule has 11 heteroatoms. The van der Waals surface area contributed by atoms with E-state index in [0.29, 0.717) is 6.07 Å². The first kappa shape index (κ1) is 15.2. The van der Waals surface area contributed by atoms with Crippen LogP contribution in [-0.4, -0.2) is 13.3 Å². The summed E-state index contributed by atoms with van der Waals surface area (Å²) in [5.74, 6) is 0. The maximum Gasteiger partial charge on any atom is 0.424 e. The Morgan fingerprint density at radius 1 is 1.33 bits per heavy atom.